The Morgan fingerprint density at radius 2 is 2.26 bits per heavy atom. The number of sulfonamides is 1. The van der Waals surface area contributed by atoms with Crippen LogP contribution in [-0.4, -0.2) is 32.0 Å². The summed E-state index contributed by atoms with van der Waals surface area (Å²) in [6.45, 7) is 0.774. The topological polar surface area (TPSA) is 100 Å². The maximum Gasteiger partial charge on any atom is 0.273 e. The molecule has 2 heterocycles. The van der Waals surface area contributed by atoms with E-state index in [1.165, 1.54) is 6.07 Å². The van der Waals surface area contributed by atoms with Crippen molar-refractivity contribution in [3.8, 4) is 0 Å². The van der Waals surface area contributed by atoms with Crippen LogP contribution in [0.15, 0.2) is 34.2 Å². The van der Waals surface area contributed by atoms with Crippen molar-refractivity contribution in [2.24, 2.45) is 0 Å². The van der Waals surface area contributed by atoms with E-state index in [0.29, 0.717) is 18.7 Å². The van der Waals surface area contributed by atoms with Crippen molar-refractivity contribution >= 4 is 10.0 Å². The second kappa shape index (κ2) is 6.00. The van der Waals surface area contributed by atoms with Crippen molar-refractivity contribution in [3.05, 3.63) is 36.1 Å². The minimum Gasteiger partial charge on any atom is -0.447 e. The van der Waals surface area contributed by atoms with E-state index >= 15 is 0 Å². The molecular weight excluding hydrogens is 268 g/mol. The van der Waals surface area contributed by atoms with Crippen molar-refractivity contribution in [1.82, 2.24) is 20.0 Å². The molecule has 2 rings (SSSR count). The highest BCUT2D eigenvalue weighted by molar-refractivity contribution is 7.89. The van der Waals surface area contributed by atoms with Gasteiger partial charge in [-0.3, -0.25) is 0 Å². The lowest BCUT2D eigenvalue weighted by molar-refractivity contribution is 0.404. The fourth-order valence-corrected chi connectivity index (χ4v) is 2.56. The van der Waals surface area contributed by atoms with Gasteiger partial charge in [0.2, 0.25) is 5.09 Å². The zero-order chi connectivity index (χ0) is 13.7. The van der Waals surface area contributed by atoms with Gasteiger partial charge in [-0.1, -0.05) is 0 Å². The molecule has 2 aromatic rings. The van der Waals surface area contributed by atoms with Crippen LogP contribution in [0.2, 0.25) is 0 Å². The van der Waals surface area contributed by atoms with Gasteiger partial charge in [0.15, 0.2) is 0 Å². The summed E-state index contributed by atoms with van der Waals surface area (Å²) in [6, 6.07) is 3.09. The molecule has 0 spiro atoms. The smallest absolute Gasteiger partial charge is 0.273 e. The quantitative estimate of drug-likeness (QED) is 0.676. The van der Waals surface area contributed by atoms with Gasteiger partial charge >= 0.3 is 0 Å². The summed E-state index contributed by atoms with van der Waals surface area (Å²) in [5.41, 5.74) is 0.873. The Balaban J connectivity index is 1.93. The number of nitrogens with one attached hydrogen (secondary N) is 3. The lowest BCUT2D eigenvalue weighted by atomic mass is 10.3. The van der Waals surface area contributed by atoms with E-state index in [1.807, 2.05) is 0 Å². The van der Waals surface area contributed by atoms with Crippen LogP contribution < -0.4 is 10.0 Å². The van der Waals surface area contributed by atoms with Crippen LogP contribution in [0, 0.1) is 0 Å². The zero-order valence-electron chi connectivity index (χ0n) is 10.5. The third kappa shape index (κ3) is 3.66. The Labute approximate surface area is 111 Å². The third-order valence-corrected chi connectivity index (χ3v) is 3.83. The van der Waals surface area contributed by atoms with Crippen molar-refractivity contribution in [2.75, 3.05) is 13.6 Å². The average molecular weight is 284 g/mol. The molecule has 104 valence electrons. The minimum atomic E-state index is -3.59. The highest BCUT2D eigenvalue weighted by Crippen LogP contribution is 2.13. The molecule has 0 aliphatic rings. The molecule has 0 amide bonds. The number of nitrogens with zero attached hydrogens (tertiary/aromatic N) is 1. The summed E-state index contributed by atoms with van der Waals surface area (Å²) in [7, 11) is -1.83. The van der Waals surface area contributed by atoms with E-state index in [4.69, 9.17) is 4.42 Å². The highest BCUT2D eigenvalue weighted by atomic mass is 32.2. The van der Waals surface area contributed by atoms with Crippen molar-refractivity contribution in [3.63, 3.8) is 0 Å². The number of hydrogen-bond acceptors (Lipinski definition) is 5. The van der Waals surface area contributed by atoms with Crippen molar-refractivity contribution in [1.29, 1.82) is 0 Å². The maximum atomic E-state index is 11.9. The highest BCUT2D eigenvalue weighted by Gasteiger charge is 2.18. The van der Waals surface area contributed by atoms with E-state index in [9.17, 15) is 8.42 Å². The van der Waals surface area contributed by atoms with Crippen LogP contribution >= 0.6 is 0 Å². The maximum absolute atomic E-state index is 11.9. The second-order valence-corrected chi connectivity index (χ2v) is 5.67. The monoisotopic (exact) mass is 284 g/mol. The normalized spacial score (nSPS) is 11.8. The first-order chi connectivity index (χ1) is 9.12. The van der Waals surface area contributed by atoms with Gasteiger partial charge in [0.1, 0.15) is 5.76 Å². The first-order valence-electron chi connectivity index (χ1n) is 5.82. The van der Waals surface area contributed by atoms with E-state index in [-0.39, 0.29) is 11.6 Å². The number of furan rings is 1. The molecular formula is C11H16N4O3S. The van der Waals surface area contributed by atoms with Gasteiger partial charge in [-0.05, 0) is 19.2 Å². The van der Waals surface area contributed by atoms with Crippen LogP contribution in [0.5, 0.6) is 0 Å². The SMILES string of the molecule is CNCc1ccc(S(=O)(=O)NCCc2cnc[nH]2)o1. The number of aromatic amines is 1. The predicted molar refractivity (Wildman–Crippen MR) is 69.0 cm³/mol. The molecule has 0 unspecified atom stereocenters. The molecule has 2 aromatic heterocycles. The van der Waals surface area contributed by atoms with Gasteiger partial charge in [0.25, 0.3) is 10.0 Å². The van der Waals surface area contributed by atoms with E-state index in [1.54, 1.807) is 25.6 Å². The standard InChI is InChI=1S/C11H16N4O3S/c1-12-7-10-2-3-11(18-10)19(16,17)15-5-4-9-6-13-8-14-9/h2-3,6,8,12,15H,4-5,7H2,1H3,(H,13,14). The largest absolute Gasteiger partial charge is 0.447 e. The number of rotatable bonds is 7. The Kier molecular flexibility index (Phi) is 4.35. The fraction of sp³-hybridized carbons (Fsp3) is 0.364. The molecule has 0 radical (unpaired) electrons. The first-order valence-corrected chi connectivity index (χ1v) is 7.30. The molecule has 19 heavy (non-hydrogen) atoms. The molecule has 3 N–H and O–H groups in total. The van der Waals surface area contributed by atoms with Gasteiger partial charge in [0.05, 0.1) is 12.9 Å². The van der Waals surface area contributed by atoms with Crippen LogP contribution in [0.1, 0.15) is 11.5 Å². The van der Waals surface area contributed by atoms with E-state index < -0.39 is 10.0 Å². The van der Waals surface area contributed by atoms with Gasteiger partial charge in [0, 0.05) is 24.9 Å². The minimum absolute atomic E-state index is 0.0673. The van der Waals surface area contributed by atoms with Gasteiger partial charge in [-0.25, -0.2) is 18.1 Å². The predicted octanol–water partition coefficient (Wildman–Crippen LogP) is 0.243. The number of imidazole rings is 1. The van der Waals surface area contributed by atoms with Crippen LogP contribution in [-0.2, 0) is 23.0 Å². The molecule has 0 aliphatic heterocycles. The van der Waals surface area contributed by atoms with E-state index in [0.717, 1.165) is 5.69 Å². The Bertz CT molecular complexity index is 604. The summed E-state index contributed by atoms with van der Waals surface area (Å²) < 4.78 is 31.6. The molecule has 0 aliphatic carbocycles. The number of aromatic nitrogens is 2. The van der Waals surface area contributed by atoms with Gasteiger partial charge < -0.3 is 14.7 Å². The summed E-state index contributed by atoms with van der Waals surface area (Å²) >= 11 is 0. The van der Waals surface area contributed by atoms with Gasteiger partial charge in [-0.2, -0.15) is 0 Å². The van der Waals surface area contributed by atoms with Crippen LogP contribution in [0.25, 0.3) is 0 Å². The fourth-order valence-electron chi connectivity index (χ4n) is 1.58. The first kappa shape index (κ1) is 13.8. The Hall–Kier alpha value is -1.64. The van der Waals surface area contributed by atoms with Gasteiger partial charge in [-0.15, -0.1) is 0 Å². The van der Waals surface area contributed by atoms with Crippen molar-refractivity contribution in [2.45, 2.75) is 18.1 Å². The molecule has 0 fully saturated rings. The summed E-state index contributed by atoms with van der Waals surface area (Å²) in [6.07, 6.45) is 3.76. The molecule has 0 atom stereocenters. The summed E-state index contributed by atoms with van der Waals surface area (Å²) in [5, 5.41) is 2.82. The molecule has 0 bridgehead atoms. The van der Waals surface area contributed by atoms with Crippen molar-refractivity contribution < 1.29 is 12.8 Å². The van der Waals surface area contributed by atoms with Crippen LogP contribution in [0.4, 0.5) is 0 Å². The Morgan fingerprint density at radius 1 is 1.42 bits per heavy atom. The van der Waals surface area contributed by atoms with E-state index in [2.05, 4.69) is 20.0 Å². The molecule has 0 aromatic carbocycles. The Morgan fingerprint density at radius 3 is 2.95 bits per heavy atom. The second-order valence-electron chi connectivity index (χ2n) is 3.98. The summed E-state index contributed by atoms with van der Waals surface area (Å²) in [4.78, 5) is 6.77. The lowest BCUT2D eigenvalue weighted by Gasteiger charge is -2.03. The average Bonchev–Trinajstić information content (AvgIpc) is 3.00. The molecule has 0 saturated carbocycles. The lowest BCUT2D eigenvalue weighted by Crippen LogP contribution is -2.25. The molecule has 8 heteroatoms. The van der Waals surface area contributed by atoms with Crippen LogP contribution in [0.3, 0.4) is 0 Å². The third-order valence-electron chi connectivity index (χ3n) is 2.49. The zero-order valence-corrected chi connectivity index (χ0v) is 11.3. The number of hydrogen-bond donors (Lipinski definition) is 3. The summed E-state index contributed by atoms with van der Waals surface area (Å²) in [5.74, 6) is 0.580. The molecule has 0 saturated heterocycles. The molecule has 7 nitrogen and oxygen atoms in total. The number of H-pyrrole nitrogens is 1.